The summed E-state index contributed by atoms with van der Waals surface area (Å²) in [6.07, 6.45) is 1.35. The highest BCUT2D eigenvalue weighted by Gasteiger charge is 2.12. The Kier molecular flexibility index (Phi) is 6.16. The number of carboxylic acids is 1. The van der Waals surface area contributed by atoms with Crippen LogP contribution >= 0.6 is 0 Å². The van der Waals surface area contributed by atoms with Crippen molar-refractivity contribution in [3.8, 4) is 17.6 Å². The number of rotatable bonds is 7. The van der Waals surface area contributed by atoms with Gasteiger partial charge < -0.3 is 14.6 Å². The second kappa shape index (κ2) is 8.94. The molecule has 146 valence electrons. The van der Waals surface area contributed by atoms with Crippen molar-refractivity contribution < 1.29 is 19.4 Å². The highest BCUT2D eigenvalue weighted by Crippen LogP contribution is 2.30. The third kappa shape index (κ3) is 4.56. The highest BCUT2D eigenvalue weighted by atomic mass is 16.5. The first-order chi connectivity index (χ1) is 14.0. The van der Waals surface area contributed by atoms with E-state index in [0.717, 1.165) is 27.6 Å². The van der Waals surface area contributed by atoms with Gasteiger partial charge in [0, 0.05) is 5.56 Å². The molecule has 0 saturated carbocycles. The first kappa shape index (κ1) is 20.0. The molecule has 0 unspecified atom stereocenters. The van der Waals surface area contributed by atoms with E-state index in [1.807, 2.05) is 62.4 Å². The van der Waals surface area contributed by atoms with Crippen LogP contribution in [-0.2, 0) is 4.79 Å². The third-order valence-electron chi connectivity index (χ3n) is 4.72. The maximum atomic E-state index is 11.3. The van der Waals surface area contributed by atoms with Gasteiger partial charge >= 0.3 is 5.97 Å². The lowest BCUT2D eigenvalue weighted by Gasteiger charge is -2.14. The quantitative estimate of drug-likeness (QED) is 0.354. The summed E-state index contributed by atoms with van der Waals surface area (Å²) < 4.78 is 11.7. The van der Waals surface area contributed by atoms with Crippen LogP contribution in [0, 0.1) is 25.2 Å². The number of hydrogen-bond acceptors (Lipinski definition) is 4. The molecular weight excluding hydrogens is 366 g/mol. The summed E-state index contributed by atoms with van der Waals surface area (Å²) in [5.74, 6) is 0.0387. The van der Waals surface area contributed by atoms with Crippen molar-refractivity contribution in [2.45, 2.75) is 13.8 Å². The monoisotopic (exact) mass is 387 g/mol. The Bertz CT molecular complexity index is 1130. The highest BCUT2D eigenvalue weighted by molar-refractivity contribution is 6.01. The summed E-state index contributed by atoms with van der Waals surface area (Å²) in [4.78, 5) is 11.3. The zero-order valence-corrected chi connectivity index (χ0v) is 16.3. The Balaban J connectivity index is 1.83. The van der Waals surface area contributed by atoms with Crippen LogP contribution in [-0.4, -0.2) is 24.3 Å². The minimum Gasteiger partial charge on any atom is -0.490 e. The lowest BCUT2D eigenvalue weighted by Crippen LogP contribution is -2.10. The van der Waals surface area contributed by atoms with Crippen LogP contribution in [0.2, 0.25) is 0 Å². The lowest BCUT2D eigenvalue weighted by molar-refractivity contribution is -0.132. The fourth-order valence-corrected chi connectivity index (χ4v) is 3.02. The summed E-state index contributed by atoms with van der Waals surface area (Å²) in [6, 6.07) is 18.9. The number of carboxylic acid groups (broad SMARTS) is 1. The number of hydrogen-bond donors (Lipinski definition) is 1. The number of aliphatic carboxylic acids is 1. The summed E-state index contributed by atoms with van der Waals surface area (Å²) >= 11 is 0. The fraction of sp³-hybridized carbons (Fsp3) is 0.167. The standard InChI is InChI=1S/C24H21NO4/c1-16-6-5-9-22(17(16)2)28-12-13-29-23-11-10-18-7-3-4-8-20(18)21(23)14-19(15-25)24(26)27/h3-11,14H,12-13H2,1-2H3,(H,26,27). The van der Waals surface area contributed by atoms with Crippen molar-refractivity contribution in [3.63, 3.8) is 0 Å². The van der Waals surface area contributed by atoms with Crippen LogP contribution in [0.1, 0.15) is 16.7 Å². The maximum Gasteiger partial charge on any atom is 0.346 e. The molecule has 0 radical (unpaired) electrons. The molecule has 0 aromatic heterocycles. The topological polar surface area (TPSA) is 79.5 Å². The second-order valence-electron chi connectivity index (χ2n) is 6.57. The zero-order chi connectivity index (χ0) is 20.8. The largest absolute Gasteiger partial charge is 0.490 e. The van der Waals surface area contributed by atoms with Crippen LogP contribution in [0.3, 0.4) is 0 Å². The number of nitrogens with zero attached hydrogens (tertiary/aromatic N) is 1. The Morgan fingerprint density at radius 1 is 1.00 bits per heavy atom. The van der Waals surface area contributed by atoms with Crippen molar-refractivity contribution in [1.82, 2.24) is 0 Å². The first-order valence-electron chi connectivity index (χ1n) is 9.20. The van der Waals surface area contributed by atoms with E-state index in [2.05, 4.69) is 0 Å². The number of fused-ring (bicyclic) bond motifs is 1. The molecule has 3 rings (SSSR count). The molecule has 29 heavy (non-hydrogen) atoms. The smallest absolute Gasteiger partial charge is 0.346 e. The van der Waals surface area contributed by atoms with Gasteiger partial charge in [-0.2, -0.15) is 5.26 Å². The molecule has 5 nitrogen and oxygen atoms in total. The fourth-order valence-electron chi connectivity index (χ4n) is 3.02. The molecule has 0 amide bonds. The molecule has 0 atom stereocenters. The van der Waals surface area contributed by atoms with E-state index in [4.69, 9.17) is 14.7 Å². The second-order valence-corrected chi connectivity index (χ2v) is 6.57. The molecule has 0 fully saturated rings. The molecule has 3 aromatic rings. The Morgan fingerprint density at radius 3 is 2.45 bits per heavy atom. The molecular formula is C24H21NO4. The lowest BCUT2D eigenvalue weighted by atomic mass is 10.0. The van der Waals surface area contributed by atoms with Gasteiger partial charge in [0.1, 0.15) is 36.4 Å². The normalized spacial score (nSPS) is 11.1. The zero-order valence-electron chi connectivity index (χ0n) is 16.3. The van der Waals surface area contributed by atoms with Crippen LogP contribution in [0.15, 0.2) is 60.2 Å². The SMILES string of the molecule is Cc1cccc(OCCOc2ccc3ccccc3c2C=C(C#N)C(=O)O)c1C. The predicted octanol–water partition coefficient (Wildman–Crippen LogP) is 4.91. The van der Waals surface area contributed by atoms with Crippen molar-refractivity contribution in [2.24, 2.45) is 0 Å². The van der Waals surface area contributed by atoms with E-state index < -0.39 is 5.97 Å². The summed E-state index contributed by atoms with van der Waals surface area (Å²) in [6.45, 7) is 4.65. The Hall–Kier alpha value is -3.78. The van der Waals surface area contributed by atoms with E-state index in [1.165, 1.54) is 6.08 Å². The van der Waals surface area contributed by atoms with Gasteiger partial charge in [0.15, 0.2) is 0 Å². The Morgan fingerprint density at radius 2 is 1.72 bits per heavy atom. The summed E-state index contributed by atoms with van der Waals surface area (Å²) in [5.41, 5.74) is 2.46. The van der Waals surface area contributed by atoms with Crippen molar-refractivity contribution in [2.75, 3.05) is 13.2 Å². The maximum absolute atomic E-state index is 11.3. The van der Waals surface area contributed by atoms with Gasteiger partial charge in [0.2, 0.25) is 0 Å². The van der Waals surface area contributed by atoms with E-state index in [1.54, 1.807) is 12.1 Å². The molecule has 0 aliphatic heterocycles. The third-order valence-corrected chi connectivity index (χ3v) is 4.72. The minimum absolute atomic E-state index is 0.279. The Labute approximate surface area is 169 Å². The molecule has 0 aliphatic rings. The van der Waals surface area contributed by atoms with Gasteiger partial charge in [-0.15, -0.1) is 0 Å². The molecule has 0 aliphatic carbocycles. The van der Waals surface area contributed by atoms with Gasteiger partial charge in [0.25, 0.3) is 0 Å². The van der Waals surface area contributed by atoms with E-state index in [-0.39, 0.29) is 12.2 Å². The number of benzene rings is 3. The van der Waals surface area contributed by atoms with Crippen LogP contribution in [0.4, 0.5) is 0 Å². The molecule has 0 heterocycles. The van der Waals surface area contributed by atoms with Gasteiger partial charge in [-0.25, -0.2) is 4.79 Å². The van der Waals surface area contributed by atoms with E-state index >= 15 is 0 Å². The van der Waals surface area contributed by atoms with Crippen LogP contribution in [0.5, 0.6) is 11.5 Å². The van der Waals surface area contributed by atoms with Gasteiger partial charge in [0.05, 0.1) is 0 Å². The van der Waals surface area contributed by atoms with Gasteiger partial charge in [-0.05, 0) is 54.0 Å². The minimum atomic E-state index is -1.27. The average molecular weight is 387 g/mol. The van der Waals surface area contributed by atoms with Crippen molar-refractivity contribution in [1.29, 1.82) is 5.26 Å². The summed E-state index contributed by atoms with van der Waals surface area (Å²) in [5, 5.41) is 20.1. The van der Waals surface area contributed by atoms with Gasteiger partial charge in [-0.3, -0.25) is 0 Å². The van der Waals surface area contributed by atoms with Gasteiger partial charge in [-0.1, -0.05) is 42.5 Å². The average Bonchev–Trinajstić information content (AvgIpc) is 2.72. The molecule has 1 N–H and O–H groups in total. The van der Waals surface area contributed by atoms with Crippen molar-refractivity contribution in [3.05, 3.63) is 76.9 Å². The van der Waals surface area contributed by atoms with E-state index in [0.29, 0.717) is 17.9 Å². The molecule has 0 bridgehead atoms. The molecule has 3 aromatic carbocycles. The van der Waals surface area contributed by atoms with Crippen LogP contribution in [0.25, 0.3) is 16.8 Å². The predicted molar refractivity (Wildman–Crippen MR) is 112 cm³/mol. The molecule has 0 spiro atoms. The number of nitriles is 1. The molecule has 5 heteroatoms. The first-order valence-corrected chi connectivity index (χ1v) is 9.20. The molecule has 0 saturated heterocycles. The van der Waals surface area contributed by atoms with Crippen molar-refractivity contribution >= 4 is 22.8 Å². The number of carbonyl (C=O) groups is 1. The number of ether oxygens (including phenoxy) is 2. The number of aryl methyl sites for hydroxylation is 1. The van der Waals surface area contributed by atoms with Crippen LogP contribution < -0.4 is 9.47 Å². The summed E-state index contributed by atoms with van der Waals surface area (Å²) in [7, 11) is 0. The van der Waals surface area contributed by atoms with E-state index in [9.17, 15) is 9.90 Å².